The molecule has 1 N–H and O–H groups in total. The molecule has 0 unspecified atom stereocenters. The van der Waals surface area contributed by atoms with Gasteiger partial charge < -0.3 is 5.32 Å². The number of aryl methyl sites for hydroxylation is 1. The standard InChI is InChI=1S/C16H17N5/c1-11-2-4-12(5-3-11)10-18-14-16-20-19-15(13-6-7-13)21(16)9-8-17-14/h2-5,8-9,13H,6-7,10H2,1H3,(H,17,18). The fraction of sp³-hybridized carbons (Fsp3) is 0.312. The van der Waals surface area contributed by atoms with Gasteiger partial charge in [0.15, 0.2) is 5.82 Å². The van der Waals surface area contributed by atoms with E-state index < -0.39 is 0 Å². The van der Waals surface area contributed by atoms with Crippen LogP contribution in [0, 0.1) is 6.92 Å². The molecule has 1 saturated carbocycles. The molecule has 5 nitrogen and oxygen atoms in total. The Balaban J connectivity index is 1.60. The molecule has 4 rings (SSSR count). The minimum Gasteiger partial charge on any atom is -0.363 e. The van der Waals surface area contributed by atoms with Crippen LogP contribution in [0.2, 0.25) is 0 Å². The van der Waals surface area contributed by atoms with Crippen molar-refractivity contribution in [1.82, 2.24) is 19.6 Å². The van der Waals surface area contributed by atoms with Crippen LogP contribution in [0.3, 0.4) is 0 Å². The van der Waals surface area contributed by atoms with Gasteiger partial charge >= 0.3 is 0 Å². The molecular weight excluding hydrogens is 262 g/mol. The van der Waals surface area contributed by atoms with Gasteiger partial charge in [0, 0.05) is 24.9 Å². The maximum atomic E-state index is 4.40. The first-order valence-corrected chi connectivity index (χ1v) is 7.30. The predicted octanol–water partition coefficient (Wildman–Crippen LogP) is 2.92. The van der Waals surface area contributed by atoms with E-state index in [0.29, 0.717) is 5.92 Å². The number of anilines is 1. The van der Waals surface area contributed by atoms with Crippen molar-refractivity contribution in [3.05, 3.63) is 53.6 Å². The molecule has 0 atom stereocenters. The summed E-state index contributed by atoms with van der Waals surface area (Å²) in [5.41, 5.74) is 3.31. The zero-order chi connectivity index (χ0) is 14.2. The van der Waals surface area contributed by atoms with Crippen molar-refractivity contribution in [3.63, 3.8) is 0 Å². The van der Waals surface area contributed by atoms with Crippen molar-refractivity contribution in [3.8, 4) is 0 Å². The molecule has 0 bridgehead atoms. The van der Waals surface area contributed by atoms with Gasteiger partial charge in [-0.15, -0.1) is 10.2 Å². The van der Waals surface area contributed by atoms with Crippen molar-refractivity contribution < 1.29 is 0 Å². The normalized spacial score (nSPS) is 14.5. The largest absolute Gasteiger partial charge is 0.363 e. The van der Waals surface area contributed by atoms with Gasteiger partial charge in [0.25, 0.3) is 0 Å². The van der Waals surface area contributed by atoms with E-state index >= 15 is 0 Å². The first kappa shape index (κ1) is 12.3. The van der Waals surface area contributed by atoms with E-state index in [2.05, 4.69) is 56.1 Å². The number of aromatic nitrogens is 4. The first-order valence-electron chi connectivity index (χ1n) is 7.30. The summed E-state index contributed by atoms with van der Waals surface area (Å²) < 4.78 is 2.06. The molecule has 1 aliphatic rings. The van der Waals surface area contributed by atoms with Crippen LogP contribution in [0.5, 0.6) is 0 Å². The van der Waals surface area contributed by atoms with E-state index in [9.17, 15) is 0 Å². The van der Waals surface area contributed by atoms with E-state index in [1.165, 1.54) is 24.0 Å². The van der Waals surface area contributed by atoms with Gasteiger partial charge in [-0.3, -0.25) is 4.40 Å². The van der Waals surface area contributed by atoms with Crippen LogP contribution in [0.15, 0.2) is 36.7 Å². The fourth-order valence-electron chi connectivity index (χ4n) is 2.48. The topological polar surface area (TPSA) is 55.1 Å². The lowest BCUT2D eigenvalue weighted by Gasteiger charge is -2.07. The summed E-state index contributed by atoms with van der Waals surface area (Å²) in [6.07, 6.45) is 6.18. The molecule has 0 aliphatic heterocycles. The van der Waals surface area contributed by atoms with Crippen molar-refractivity contribution in [2.24, 2.45) is 0 Å². The molecule has 1 fully saturated rings. The molecule has 1 aromatic carbocycles. The molecule has 0 amide bonds. The first-order chi connectivity index (χ1) is 10.3. The molecule has 0 radical (unpaired) electrons. The maximum absolute atomic E-state index is 4.40. The van der Waals surface area contributed by atoms with Crippen LogP contribution >= 0.6 is 0 Å². The minimum atomic E-state index is 0.576. The summed E-state index contributed by atoms with van der Waals surface area (Å²) in [7, 11) is 0. The Morgan fingerprint density at radius 2 is 2.00 bits per heavy atom. The van der Waals surface area contributed by atoms with E-state index in [1.54, 1.807) is 6.20 Å². The third kappa shape index (κ3) is 2.35. The predicted molar refractivity (Wildman–Crippen MR) is 81.3 cm³/mol. The second kappa shape index (κ2) is 4.84. The Morgan fingerprint density at radius 1 is 1.19 bits per heavy atom. The molecule has 1 aliphatic carbocycles. The van der Waals surface area contributed by atoms with Gasteiger partial charge in [0.1, 0.15) is 5.82 Å². The molecule has 2 heterocycles. The molecule has 106 valence electrons. The van der Waals surface area contributed by atoms with Crippen LogP contribution < -0.4 is 5.32 Å². The monoisotopic (exact) mass is 279 g/mol. The van der Waals surface area contributed by atoms with Gasteiger partial charge in [-0.1, -0.05) is 29.8 Å². The lowest BCUT2D eigenvalue weighted by Crippen LogP contribution is -2.04. The molecule has 5 heteroatoms. The second-order valence-electron chi connectivity index (χ2n) is 5.64. The highest BCUT2D eigenvalue weighted by Gasteiger charge is 2.29. The number of rotatable bonds is 4. The summed E-state index contributed by atoms with van der Waals surface area (Å²) in [5, 5.41) is 12.0. The Bertz CT molecular complexity index is 771. The third-order valence-corrected chi connectivity index (χ3v) is 3.88. The molecule has 21 heavy (non-hydrogen) atoms. The number of nitrogens with one attached hydrogen (secondary N) is 1. The quantitative estimate of drug-likeness (QED) is 0.798. The Hall–Kier alpha value is -2.43. The summed E-state index contributed by atoms with van der Waals surface area (Å²) in [5.74, 6) is 2.43. The molecule has 2 aromatic heterocycles. The van der Waals surface area contributed by atoms with Crippen molar-refractivity contribution in [2.45, 2.75) is 32.2 Å². The van der Waals surface area contributed by atoms with Crippen LogP contribution in [0.4, 0.5) is 5.82 Å². The maximum Gasteiger partial charge on any atom is 0.203 e. The number of nitrogens with zero attached hydrogens (tertiary/aromatic N) is 4. The summed E-state index contributed by atoms with van der Waals surface area (Å²) in [4.78, 5) is 4.40. The number of hydrogen-bond acceptors (Lipinski definition) is 4. The Kier molecular flexibility index (Phi) is 2.84. The van der Waals surface area contributed by atoms with Gasteiger partial charge in [-0.25, -0.2) is 4.98 Å². The number of benzene rings is 1. The average Bonchev–Trinajstić information content (AvgIpc) is 3.26. The van der Waals surface area contributed by atoms with E-state index in [0.717, 1.165) is 23.8 Å². The third-order valence-electron chi connectivity index (χ3n) is 3.88. The number of hydrogen-bond donors (Lipinski definition) is 1. The lowest BCUT2D eigenvalue weighted by molar-refractivity contribution is 0.894. The van der Waals surface area contributed by atoms with Crippen LogP contribution in [-0.2, 0) is 6.54 Å². The van der Waals surface area contributed by atoms with Gasteiger partial charge in [-0.05, 0) is 25.3 Å². The molecule has 0 spiro atoms. The van der Waals surface area contributed by atoms with Gasteiger partial charge in [-0.2, -0.15) is 0 Å². The lowest BCUT2D eigenvalue weighted by atomic mass is 10.1. The fourth-order valence-corrected chi connectivity index (χ4v) is 2.48. The highest BCUT2D eigenvalue weighted by molar-refractivity contribution is 5.62. The van der Waals surface area contributed by atoms with Crippen LogP contribution in [-0.4, -0.2) is 19.6 Å². The van der Waals surface area contributed by atoms with Crippen LogP contribution in [0.25, 0.3) is 5.65 Å². The Morgan fingerprint density at radius 3 is 2.76 bits per heavy atom. The SMILES string of the molecule is Cc1ccc(CNc2nccn3c(C4CC4)nnc23)cc1. The second-order valence-corrected chi connectivity index (χ2v) is 5.64. The van der Waals surface area contributed by atoms with Crippen molar-refractivity contribution >= 4 is 11.5 Å². The summed E-state index contributed by atoms with van der Waals surface area (Å²) >= 11 is 0. The minimum absolute atomic E-state index is 0.576. The highest BCUT2D eigenvalue weighted by atomic mass is 15.3. The van der Waals surface area contributed by atoms with E-state index in [-0.39, 0.29) is 0 Å². The molecule has 3 aromatic rings. The Labute approximate surface area is 123 Å². The van der Waals surface area contributed by atoms with Gasteiger partial charge in [0.2, 0.25) is 5.65 Å². The summed E-state index contributed by atoms with van der Waals surface area (Å²) in [6, 6.07) is 8.49. The number of fused-ring (bicyclic) bond motifs is 1. The molecular formula is C16H17N5. The van der Waals surface area contributed by atoms with Crippen molar-refractivity contribution in [2.75, 3.05) is 5.32 Å². The zero-order valence-corrected chi connectivity index (χ0v) is 12.0. The van der Waals surface area contributed by atoms with Gasteiger partial charge in [0.05, 0.1) is 0 Å². The average molecular weight is 279 g/mol. The van der Waals surface area contributed by atoms with E-state index in [4.69, 9.17) is 0 Å². The van der Waals surface area contributed by atoms with E-state index in [1.807, 2.05) is 6.20 Å². The smallest absolute Gasteiger partial charge is 0.203 e. The zero-order valence-electron chi connectivity index (χ0n) is 12.0. The highest BCUT2D eigenvalue weighted by Crippen LogP contribution is 2.39. The summed E-state index contributed by atoms with van der Waals surface area (Å²) in [6.45, 7) is 2.83. The molecule has 0 saturated heterocycles. The van der Waals surface area contributed by atoms with Crippen LogP contribution in [0.1, 0.15) is 35.7 Å². The van der Waals surface area contributed by atoms with Crippen molar-refractivity contribution in [1.29, 1.82) is 0 Å².